The molecule has 0 unspecified atom stereocenters. The molecule has 110 valence electrons. The maximum atomic E-state index is 12.1. The molecule has 0 saturated carbocycles. The molecule has 0 bridgehead atoms. The largest absolute Gasteiger partial charge is 0.465 e. The lowest BCUT2D eigenvalue weighted by atomic mass is 10.2. The van der Waals surface area contributed by atoms with E-state index >= 15 is 0 Å². The molecule has 1 heterocycles. The fourth-order valence-electron chi connectivity index (χ4n) is 1.65. The van der Waals surface area contributed by atoms with Gasteiger partial charge < -0.3 is 4.74 Å². The Morgan fingerprint density at radius 2 is 1.95 bits per heavy atom. The number of benzene rings is 1. The van der Waals surface area contributed by atoms with Crippen LogP contribution in [0.25, 0.3) is 0 Å². The number of carbonyl (C=O) groups is 1. The maximum absolute atomic E-state index is 12.1. The van der Waals surface area contributed by atoms with Crippen molar-refractivity contribution in [2.75, 3.05) is 7.11 Å². The predicted molar refractivity (Wildman–Crippen MR) is 76.0 cm³/mol. The third-order valence-corrected chi connectivity index (χ3v) is 4.19. The number of pyridine rings is 1. The van der Waals surface area contributed by atoms with Crippen LogP contribution in [0.2, 0.25) is 0 Å². The molecule has 0 aliphatic rings. The highest BCUT2D eigenvalue weighted by Crippen LogP contribution is 2.12. The molecule has 0 atom stereocenters. The first-order valence-electron chi connectivity index (χ1n) is 6.10. The van der Waals surface area contributed by atoms with Crippen LogP contribution in [0, 0.1) is 0 Å². The van der Waals surface area contributed by atoms with Crippen LogP contribution in [0.1, 0.15) is 15.9 Å². The number of carbonyl (C=O) groups excluding carboxylic acids is 1. The second-order valence-electron chi connectivity index (χ2n) is 4.20. The van der Waals surface area contributed by atoms with Gasteiger partial charge in [0.2, 0.25) is 10.0 Å². The molecule has 2 rings (SSSR count). The molecule has 0 radical (unpaired) electrons. The van der Waals surface area contributed by atoms with E-state index in [1.807, 2.05) is 0 Å². The van der Waals surface area contributed by atoms with Gasteiger partial charge in [-0.15, -0.1) is 0 Å². The molecule has 0 spiro atoms. The zero-order chi connectivity index (χ0) is 15.3. The molecule has 2 aromatic rings. The summed E-state index contributed by atoms with van der Waals surface area (Å²) in [7, 11) is -2.37. The van der Waals surface area contributed by atoms with Gasteiger partial charge in [-0.3, -0.25) is 4.98 Å². The molecule has 1 aromatic carbocycles. The van der Waals surface area contributed by atoms with Crippen molar-refractivity contribution in [1.29, 1.82) is 0 Å². The van der Waals surface area contributed by atoms with Crippen molar-refractivity contribution >= 4 is 16.0 Å². The molecule has 0 aliphatic carbocycles. The highest BCUT2D eigenvalue weighted by molar-refractivity contribution is 7.89. The highest BCUT2D eigenvalue weighted by Gasteiger charge is 2.14. The van der Waals surface area contributed by atoms with Gasteiger partial charge in [-0.2, -0.15) is 0 Å². The summed E-state index contributed by atoms with van der Waals surface area (Å²) in [6, 6.07) is 9.04. The monoisotopic (exact) mass is 306 g/mol. The first-order chi connectivity index (χ1) is 10.0. The summed E-state index contributed by atoms with van der Waals surface area (Å²) in [6.07, 6.45) is 3.20. The van der Waals surface area contributed by atoms with Crippen molar-refractivity contribution in [3.8, 4) is 0 Å². The van der Waals surface area contributed by atoms with Gasteiger partial charge in [0, 0.05) is 18.9 Å². The third-order valence-electron chi connectivity index (χ3n) is 2.77. The van der Waals surface area contributed by atoms with Crippen LogP contribution in [0.15, 0.2) is 53.7 Å². The summed E-state index contributed by atoms with van der Waals surface area (Å²) in [5.74, 6) is -0.512. The lowest BCUT2D eigenvalue weighted by molar-refractivity contribution is 0.0600. The van der Waals surface area contributed by atoms with Gasteiger partial charge in [-0.05, 0) is 35.9 Å². The van der Waals surface area contributed by atoms with E-state index < -0.39 is 16.0 Å². The number of nitrogens with zero attached hydrogens (tertiary/aromatic N) is 1. The average Bonchev–Trinajstić information content (AvgIpc) is 2.53. The standard InChI is InChI=1S/C14H14N2O4S/c1-20-14(17)12-4-6-13(7-5-12)21(18,19)16-10-11-3-2-8-15-9-11/h2-9,16H,10H2,1H3. The SMILES string of the molecule is COC(=O)c1ccc(S(=O)(=O)NCc2cccnc2)cc1. The van der Waals surface area contributed by atoms with E-state index in [1.165, 1.54) is 31.4 Å². The van der Waals surface area contributed by atoms with Crippen LogP contribution >= 0.6 is 0 Å². The minimum atomic E-state index is -3.64. The number of hydrogen-bond acceptors (Lipinski definition) is 5. The number of ether oxygens (including phenoxy) is 1. The topological polar surface area (TPSA) is 85.4 Å². The lowest BCUT2D eigenvalue weighted by Gasteiger charge is -2.07. The van der Waals surface area contributed by atoms with Crippen LogP contribution in [0.4, 0.5) is 0 Å². The smallest absolute Gasteiger partial charge is 0.337 e. The average molecular weight is 306 g/mol. The van der Waals surface area contributed by atoms with Crippen molar-refractivity contribution in [1.82, 2.24) is 9.71 Å². The van der Waals surface area contributed by atoms with Gasteiger partial charge in [0.25, 0.3) is 0 Å². The molecular formula is C14H14N2O4S. The molecule has 0 amide bonds. The van der Waals surface area contributed by atoms with Crippen LogP contribution in [0.5, 0.6) is 0 Å². The summed E-state index contributed by atoms with van der Waals surface area (Å²) in [6.45, 7) is 0.148. The number of nitrogens with one attached hydrogen (secondary N) is 1. The molecule has 0 fully saturated rings. The fraction of sp³-hybridized carbons (Fsp3) is 0.143. The van der Waals surface area contributed by atoms with E-state index in [1.54, 1.807) is 24.5 Å². The van der Waals surface area contributed by atoms with Crippen molar-refractivity contribution in [3.05, 3.63) is 59.9 Å². The molecule has 0 saturated heterocycles. The van der Waals surface area contributed by atoms with Gasteiger partial charge in [-0.25, -0.2) is 17.9 Å². The summed E-state index contributed by atoms with van der Waals surface area (Å²) < 4.78 is 31.2. The van der Waals surface area contributed by atoms with E-state index in [9.17, 15) is 13.2 Å². The fourth-order valence-corrected chi connectivity index (χ4v) is 2.67. The Labute approximate surface area is 122 Å². The van der Waals surface area contributed by atoms with Crippen molar-refractivity contribution < 1.29 is 17.9 Å². The van der Waals surface area contributed by atoms with Crippen molar-refractivity contribution in [2.24, 2.45) is 0 Å². The summed E-state index contributed by atoms with van der Waals surface area (Å²) in [4.78, 5) is 15.3. The van der Waals surface area contributed by atoms with E-state index in [-0.39, 0.29) is 11.4 Å². The van der Waals surface area contributed by atoms with Gasteiger partial charge in [0.15, 0.2) is 0 Å². The molecule has 7 heteroatoms. The predicted octanol–water partition coefficient (Wildman–Crippen LogP) is 1.35. The molecule has 1 aromatic heterocycles. The number of esters is 1. The maximum Gasteiger partial charge on any atom is 0.337 e. The molecule has 0 aliphatic heterocycles. The Hall–Kier alpha value is -2.25. The Bertz CT molecular complexity index is 712. The quantitative estimate of drug-likeness (QED) is 0.843. The van der Waals surface area contributed by atoms with E-state index in [2.05, 4.69) is 14.4 Å². The van der Waals surface area contributed by atoms with Gasteiger partial charge >= 0.3 is 5.97 Å². The van der Waals surface area contributed by atoms with Crippen LogP contribution in [-0.4, -0.2) is 26.5 Å². The first kappa shape index (κ1) is 15.1. The van der Waals surface area contributed by atoms with Gasteiger partial charge in [0.1, 0.15) is 0 Å². The Morgan fingerprint density at radius 1 is 1.24 bits per heavy atom. The van der Waals surface area contributed by atoms with Crippen LogP contribution in [0.3, 0.4) is 0 Å². The van der Waals surface area contributed by atoms with Gasteiger partial charge in [-0.1, -0.05) is 6.07 Å². The Balaban J connectivity index is 2.10. The number of rotatable bonds is 5. The van der Waals surface area contributed by atoms with E-state index in [0.717, 1.165) is 5.56 Å². The summed E-state index contributed by atoms with van der Waals surface area (Å²) >= 11 is 0. The molecule has 6 nitrogen and oxygen atoms in total. The number of aromatic nitrogens is 1. The van der Waals surface area contributed by atoms with Crippen molar-refractivity contribution in [2.45, 2.75) is 11.4 Å². The van der Waals surface area contributed by atoms with E-state index in [0.29, 0.717) is 5.56 Å². The van der Waals surface area contributed by atoms with Crippen molar-refractivity contribution in [3.63, 3.8) is 0 Å². The number of sulfonamides is 1. The Morgan fingerprint density at radius 3 is 2.52 bits per heavy atom. The number of hydrogen-bond donors (Lipinski definition) is 1. The second-order valence-corrected chi connectivity index (χ2v) is 5.97. The first-order valence-corrected chi connectivity index (χ1v) is 7.58. The summed E-state index contributed by atoms with van der Waals surface area (Å²) in [5.41, 5.74) is 1.05. The zero-order valence-electron chi connectivity index (χ0n) is 11.3. The zero-order valence-corrected chi connectivity index (χ0v) is 12.1. The molecule has 21 heavy (non-hydrogen) atoms. The van der Waals surface area contributed by atoms with Gasteiger partial charge in [0.05, 0.1) is 17.6 Å². The third kappa shape index (κ3) is 3.87. The summed E-state index contributed by atoms with van der Waals surface area (Å²) in [5, 5.41) is 0. The van der Waals surface area contributed by atoms with Crippen LogP contribution < -0.4 is 4.72 Å². The minimum Gasteiger partial charge on any atom is -0.465 e. The second kappa shape index (κ2) is 6.47. The normalized spacial score (nSPS) is 11.1. The minimum absolute atomic E-state index is 0.0824. The molecule has 1 N–H and O–H groups in total. The lowest BCUT2D eigenvalue weighted by Crippen LogP contribution is -2.23. The Kier molecular flexibility index (Phi) is 4.66. The molecular weight excluding hydrogens is 292 g/mol. The highest BCUT2D eigenvalue weighted by atomic mass is 32.2. The number of methoxy groups -OCH3 is 1. The van der Waals surface area contributed by atoms with Crippen LogP contribution in [-0.2, 0) is 21.3 Å². The van der Waals surface area contributed by atoms with E-state index in [4.69, 9.17) is 0 Å².